The first-order valence-corrected chi connectivity index (χ1v) is 13.2. The Kier molecular flexibility index (Phi) is 6.04. The first-order valence-electron chi connectivity index (χ1n) is 12.4. The Morgan fingerprint density at radius 2 is 1.87 bits per heavy atom. The average molecular weight is 531 g/mol. The van der Waals surface area contributed by atoms with Crippen LogP contribution in [0.1, 0.15) is 41.3 Å². The molecule has 0 atom stereocenters. The largest absolute Gasteiger partial charge is 0.488 e. The Labute approximate surface area is 223 Å². The predicted molar refractivity (Wildman–Crippen MR) is 145 cm³/mol. The Balaban J connectivity index is 1.23. The van der Waals surface area contributed by atoms with Gasteiger partial charge in [0.2, 0.25) is 0 Å². The second kappa shape index (κ2) is 9.41. The van der Waals surface area contributed by atoms with E-state index in [1.54, 1.807) is 35.7 Å². The molecule has 1 aliphatic rings. The van der Waals surface area contributed by atoms with Crippen molar-refractivity contribution in [3.63, 3.8) is 0 Å². The number of hydrogen-bond donors (Lipinski definition) is 2. The van der Waals surface area contributed by atoms with E-state index in [9.17, 15) is 9.50 Å². The highest BCUT2D eigenvalue weighted by molar-refractivity contribution is 7.11. The molecule has 3 N–H and O–H groups in total. The van der Waals surface area contributed by atoms with Crippen molar-refractivity contribution >= 4 is 22.7 Å². The molecule has 6 rings (SSSR count). The maximum absolute atomic E-state index is 14.3. The van der Waals surface area contributed by atoms with Crippen molar-refractivity contribution in [3.8, 4) is 28.5 Å². The number of hydrogen-bond acceptors (Lipinski definition) is 7. The van der Waals surface area contributed by atoms with Gasteiger partial charge >= 0.3 is 0 Å². The Morgan fingerprint density at radius 1 is 1.11 bits per heavy atom. The number of anilines is 1. The van der Waals surface area contributed by atoms with Gasteiger partial charge < -0.3 is 20.3 Å². The van der Waals surface area contributed by atoms with Crippen LogP contribution in [0.5, 0.6) is 17.2 Å². The summed E-state index contributed by atoms with van der Waals surface area (Å²) in [6, 6.07) is 15.8. The summed E-state index contributed by atoms with van der Waals surface area (Å²) in [5.41, 5.74) is 7.88. The number of halogens is 1. The van der Waals surface area contributed by atoms with Gasteiger partial charge in [-0.05, 0) is 63.1 Å². The van der Waals surface area contributed by atoms with Gasteiger partial charge in [-0.2, -0.15) is 0 Å². The fraction of sp³-hybridized carbons (Fsp3) is 0.241. The third-order valence-corrected chi connectivity index (χ3v) is 7.71. The Bertz CT molecular complexity index is 1620. The fourth-order valence-electron chi connectivity index (χ4n) is 4.97. The van der Waals surface area contributed by atoms with E-state index in [0.717, 1.165) is 21.8 Å². The molecule has 5 aromatic rings. The topological polar surface area (TPSA) is 94.9 Å². The van der Waals surface area contributed by atoms with E-state index >= 15 is 0 Å². The highest BCUT2D eigenvalue weighted by Gasteiger charge is 2.41. The van der Waals surface area contributed by atoms with Crippen molar-refractivity contribution in [2.24, 2.45) is 0 Å². The monoisotopic (exact) mass is 530 g/mol. The molecule has 9 heteroatoms. The van der Waals surface area contributed by atoms with Gasteiger partial charge in [-0.25, -0.2) is 14.4 Å². The van der Waals surface area contributed by atoms with Crippen molar-refractivity contribution in [3.05, 3.63) is 88.4 Å². The third-order valence-electron chi connectivity index (χ3n) is 6.73. The van der Waals surface area contributed by atoms with Crippen molar-refractivity contribution < 1.29 is 19.0 Å². The summed E-state index contributed by atoms with van der Waals surface area (Å²) >= 11 is 1.65. The number of fused-ring (bicyclic) bond motifs is 1. The van der Waals surface area contributed by atoms with Crippen molar-refractivity contribution in [1.29, 1.82) is 0 Å². The lowest BCUT2D eigenvalue weighted by Crippen LogP contribution is -2.40. The molecule has 2 aromatic carbocycles. The van der Waals surface area contributed by atoms with Crippen molar-refractivity contribution in [2.75, 3.05) is 5.73 Å². The minimum Gasteiger partial charge on any atom is -0.488 e. The molecule has 0 unspecified atom stereocenters. The maximum Gasteiger partial charge on any atom is 0.150 e. The number of nitrogens with zero attached hydrogens (tertiary/aromatic N) is 3. The summed E-state index contributed by atoms with van der Waals surface area (Å²) in [5.74, 6) is 2.24. The molecule has 0 amide bonds. The van der Waals surface area contributed by atoms with Gasteiger partial charge in [0.1, 0.15) is 52.5 Å². The Hall–Kier alpha value is -3.95. The highest BCUT2D eigenvalue weighted by Crippen LogP contribution is 2.45. The number of imidazole rings is 1. The second-order valence-corrected chi connectivity index (χ2v) is 11.4. The number of nitrogens with two attached hydrogens (primary N) is 1. The van der Waals surface area contributed by atoms with E-state index < -0.39 is 11.4 Å². The van der Waals surface area contributed by atoms with E-state index in [2.05, 4.69) is 4.98 Å². The van der Waals surface area contributed by atoms with Gasteiger partial charge in [0.25, 0.3) is 0 Å². The molecular weight excluding hydrogens is 503 g/mol. The molecule has 1 aliphatic carbocycles. The van der Waals surface area contributed by atoms with Crippen LogP contribution in [0.3, 0.4) is 0 Å². The van der Waals surface area contributed by atoms with E-state index in [1.165, 1.54) is 17.0 Å². The van der Waals surface area contributed by atoms with E-state index in [1.807, 2.05) is 48.7 Å². The van der Waals surface area contributed by atoms with Gasteiger partial charge in [0.05, 0.1) is 5.60 Å². The van der Waals surface area contributed by atoms with Crippen LogP contribution in [0.25, 0.3) is 16.8 Å². The summed E-state index contributed by atoms with van der Waals surface area (Å²) in [5, 5.41) is 10.2. The molecule has 1 saturated carbocycles. The fourth-order valence-corrected chi connectivity index (χ4v) is 5.78. The van der Waals surface area contributed by atoms with Gasteiger partial charge in [0.15, 0.2) is 0 Å². The Morgan fingerprint density at radius 3 is 2.58 bits per heavy atom. The number of benzene rings is 2. The van der Waals surface area contributed by atoms with Gasteiger partial charge in [0, 0.05) is 51.8 Å². The maximum atomic E-state index is 14.3. The molecule has 3 heterocycles. The average Bonchev–Trinajstić information content (AvgIpc) is 3.46. The van der Waals surface area contributed by atoms with Crippen LogP contribution in [-0.2, 0) is 6.61 Å². The zero-order valence-electron chi connectivity index (χ0n) is 21.0. The first-order chi connectivity index (χ1) is 18.2. The quantitative estimate of drug-likeness (QED) is 0.250. The molecule has 0 spiro atoms. The van der Waals surface area contributed by atoms with Crippen LogP contribution >= 0.6 is 11.3 Å². The molecule has 38 heavy (non-hydrogen) atoms. The molecule has 0 saturated heterocycles. The SMILES string of the molecule is Cc1ccc(COc2cc(F)cc(Oc3ccc(-c4nc([C@H]5C[C@@](C)(O)C5)n5ccnc(N)c45)cc3)c2)s1. The third kappa shape index (κ3) is 4.82. The number of aromatic nitrogens is 3. The molecular formula is C29H27FN4O3S. The van der Waals surface area contributed by atoms with Gasteiger partial charge in [-0.1, -0.05) is 0 Å². The number of aliphatic hydroxyl groups is 1. The molecule has 194 valence electrons. The number of nitrogen functional groups attached to an aromatic ring is 1. The summed E-state index contributed by atoms with van der Waals surface area (Å²) in [4.78, 5) is 11.4. The number of thiophene rings is 1. The predicted octanol–water partition coefficient (Wildman–Crippen LogP) is 6.49. The number of ether oxygens (including phenoxy) is 2. The molecule has 7 nitrogen and oxygen atoms in total. The number of aryl methyl sites for hydroxylation is 1. The normalized spacial score (nSPS) is 18.9. The van der Waals surface area contributed by atoms with E-state index in [-0.39, 0.29) is 5.92 Å². The van der Waals surface area contributed by atoms with Crippen LogP contribution in [0.15, 0.2) is 67.0 Å². The zero-order chi connectivity index (χ0) is 26.4. The van der Waals surface area contributed by atoms with Gasteiger partial charge in [-0.3, -0.25) is 4.40 Å². The van der Waals surface area contributed by atoms with E-state index in [4.69, 9.17) is 20.2 Å². The smallest absolute Gasteiger partial charge is 0.150 e. The van der Waals surface area contributed by atoms with Gasteiger partial charge in [-0.15, -0.1) is 11.3 Å². The molecule has 3 aromatic heterocycles. The minimum absolute atomic E-state index is 0.142. The molecule has 0 bridgehead atoms. The van der Waals surface area contributed by atoms with Crippen LogP contribution in [0.4, 0.5) is 10.2 Å². The lowest BCUT2D eigenvalue weighted by atomic mass is 9.72. The lowest BCUT2D eigenvalue weighted by Gasteiger charge is -2.40. The summed E-state index contributed by atoms with van der Waals surface area (Å²) < 4.78 is 28.0. The first kappa shape index (κ1) is 24.4. The van der Waals surface area contributed by atoms with Crippen LogP contribution < -0.4 is 15.2 Å². The standard InChI is InChI=1S/C29H27FN4O3S/c1-17-3-8-24(38-17)16-36-22-11-20(30)12-23(13-22)37-21-6-4-18(5-7-21)25-26-27(31)32-9-10-34(26)28(33-25)19-14-29(2,35)15-19/h3-13,19,35H,14-16H2,1-2H3,(H2,31,32)/t19-,29+. The minimum atomic E-state index is -0.668. The van der Waals surface area contributed by atoms with Crippen molar-refractivity contribution in [2.45, 2.75) is 44.8 Å². The summed E-state index contributed by atoms with van der Waals surface area (Å²) in [7, 11) is 0. The summed E-state index contributed by atoms with van der Waals surface area (Å²) in [6.45, 7) is 4.24. The summed E-state index contributed by atoms with van der Waals surface area (Å²) in [6.07, 6.45) is 4.80. The number of rotatable bonds is 7. The molecule has 0 radical (unpaired) electrons. The van der Waals surface area contributed by atoms with Crippen LogP contribution in [0.2, 0.25) is 0 Å². The molecule has 0 aliphatic heterocycles. The lowest BCUT2D eigenvalue weighted by molar-refractivity contribution is -0.0335. The van der Waals surface area contributed by atoms with Crippen molar-refractivity contribution in [1.82, 2.24) is 14.4 Å². The second-order valence-electron chi connectivity index (χ2n) is 10.0. The van der Waals surface area contributed by atoms with Crippen LogP contribution in [-0.4, -0.2) is 25.1 Å². The highest BCUT2D eigenvalue weighted by atomic mass is 32.1. The molecule has 1 fully saturated rings. The van der Waals surface area contributed by atoms with E-state index in [0.29, 0.717) is 48.2 Å². The zero-order valence-corrected chi connectivity index (χ0v) is 21.8. The van der Waals surface area contributed by atoms with Crippen LogP contribution in [0, 0.1) is 12.7 Å².